The van der Waals surface area contributed by atoms with Gasteiger partial charge in [0.05, 0.1) is 25.3 Å². The van der Waals surface area contributed by atoms with Crippen molar-refractivity contribution in [2.24, 2.45) is 0 Å². The lowest BCUT2D eigenvalue weighted by Crippen LogP contribution is -2.36. The summed E-state index contributed by atoms with van der Waals surface area (Å²) in [5.74, 6) is 8.72. The molecule has 3 aromatic rings. The van der Waals surface area contributed by atoms with Crippen LogP contribution in [0.4, 0.5) is 11.5 Å². The molecular weight excluding hydrogens is 416 g/mol. The first kappa shape index (κ1) is 21.0. The predicted octanol–water partition coefficient (Wildman–Crippen LogP) is 2.55. The molecule has 1 fully saturated rings. The zero-order chi connectivity index (χ0) is 22.6. The second-order valence-corrected chi connectivity index (χ2v) is 7.85. The number of ether oxygens (including phenoxy) is 2. The van der Waals surface area contributed by atoms with E-state index in [2.05, 4.69) is 43.6 Å². The van der Waals surface area contributed by atoms with Gasteiger partial charge >= 0.3 is 5.97 Å². The van der Waals surface area contributed by atoms with Crippen molar-refractivity contribution in [2.45, 2.75) is 6.42 Å². The average molecular weight is 438 g/mol. The van der Waals surface area contributed by atoms with E-state index >= 15 is 0 Å². The van der Waals surface area contributed by atoms with E-state index in [4.69, 9.17) is 15.9 Å². The molecule has 1 aromatic heterocycles. The summed E-state index contributed by atoms with van der Waals surface area (Å²) in [5.41, 5.74) is 3.85. The highest BCUT2D eigenvalue weighted by atomic mass is 16.5. The third-order valence-electron chi connectivity index (χ3n) is 5.80. The van der Waals surface area contributed by atoms with Gasteiger partial charge in [0.2, 0.25) is 0 Å². The fourth-order valence-corrected chi connectivity index (χ4v) is 4.11. The number of esters is 1. The van der Waals surface area contributed by atoms with Crippen molar-refractivity contribution in [1.29, 1.82) is 0 Å². The van der Waals surface area contributed by atoms with Gasteiger partial charge < -0.3 is 14.4 Å². The number of rotatable bonds is 3. The molecule has 2 aromatic carbocycles. The minimum atomic E-state index is -0.591. The first-order chi connectivity index (χ1) is 16.2. The van der Waals surface area contributed by atoms with Crippen LogP contribution < -0.4 is 9.64 Å². The van der Waals surface area contributed by atoms with E-state index in [0.29, 0.717) is 25.5 Å². The Hall–Kier alpha value is -3.91. The molecule has 0 saturated carbocycles. The van der Waals surface area contributed by atoms with E-state index in [-0.39, 0.29) is 0 Å². The molecule has 0 amide bonds. The summed E-state index contributed by atoms with van der Waals surface area (Å²) < 4.78 is 10.8. The molecule has 7 heteroatoms. The van der Waals surface area contributed by atoms with Crippen LogP contribution in [0.5, 0.6) is 5.75 Å². The molecule has 0 aliphatic carbocycles. The van der Waals surface area contributed by atoms with E-state index < -0.39 is 5.97 Å². The van der Waals surface area contributed by atoms with Gasteiger partial charge in [-0.3, -0.25) is 4.90 Å². The Kier molecular flexibility index (Phi) is 5.91. The smallest absolute Gasteiger partial charge is 0.389 e. The molecule has 0 spiro atoms. The minimum absolute atomic E-state index is 0.404. The monoisotopic (exact) mass is 438 g/mol. The van der Waals surface area contributed by atoms with E-state index in [1.807, 2.05) is 18.2 Å². The second kappa shape index (κ2) is 9.30. The molecule has 1 saturated heterocycles. The van der Waals surface area contributed by atoms with Crippen molar-refractivity contribution in [3.05, 3.63) is 53.9 Å². The molecule has 164 valence electrons. The van der Waals surface area contributed by atoms with Crippen LogP contribution in [-0.4, -0.2) is 60.2 Å². The Morgan fingerprint density at radius 2 is 2.00 bits per heavy atom. The number of carbonyl (C=O) groups is 1. The summed E-state index contributed by atoms with van der Waals surface area (Å²) in [7, 11) is 0. The summed E-state index contributed by atoms with van der Waals surface area (Å²) in [5, 5.41) is 0.794. The summed E-state index contributed by atoms with van der Waals surface area (Å²) in [6.45, 7) is 4.33. The van der Waals surface area contributed by atoms with E-state index in [1.165, 1.54) is 5.56 Å². The zero-order valence-corrected chi connectivity index (χ0v) is 18.1. The lowest BCUT2D eigenvalue weighted by Gasteiger charge is -2.24. The molecular formula is C26H22N4O3. The lowest BCUT2D eigenvalue weighted by atomic mass is 10.1. The van der Waals surface area contributed by atoms with Crippen LogP contribution in [-0.2, 0) is 16.0 Å². The highest BCUT2D eigenvalue weighted by Crippen LogP contribution is 2.37. The fourth-order valence-electron chi connectivity index (χ4n) is 4.11. The van der Waals surface area contributed by atoms with Gasteiger partial charge in [-0.25, -0.2) is 14.8 Å². The van der Waals surface area contributed by atoms with Crippen molar-refractivity contribution in [3.8, 4) is 29.9 Å². The van der Waals surface area contributed by atoms with Crippen LogP contribution in [0, 0.1) is 24.2 Å². The number of terminal acetylenes is 1. The van der Waals surface area contributed by atoms with Gasteiger partial charge in [-0.2, -0.15) is 0 Å². The molecule has 0 N–H and O–H groups in total. The van der Waals surface area contributed by atoms with Gasteiger partial charge in [0.15, 0.2) is 0 Å². The van der Waals surface area contributed by atoms with Gasteiger partial charge in [-0.15, -0.1) is 6.42 Å². The average Bonchev–Trinajstić information content (AvgIpc) is 3.27. The summed E-state index contributed by atoms with van der Waals surface area (Å²) in [6, 6.07) is 11.3. The maximum atomic E-state index is 12.3. The number of carbonyl (C=O) groups excluding carboxylic acids is 1. The van der Waals surface area contributed by atoms with Gasteiger partial charge in [-0.05, 0) is 42.3 Å². The Bertz CT molecular complexity index is 1310. The number of morpholine rings is 1. The second-order valence-electron chi connectivity index (χ2n) is 7.85. The van der Waals surface area contributed by atoms with Crippen LogP contribution in [0.25, 0.3) is 10.9 Å². The molecule has 7 nitrogen and oxygen atoms in total. The zero-order valence-electron chi connectivity index (χ0n) is 18.1. The van der Waals surface area contributed by atoms with Crippen molar-refractivity contribution < 1.29 is 14.3 Å². The van der Waals surface area contributed by atoms with Gasteiger partial charge in [0.1, 0.15) is 17.9 Å². The maximum absolute atomic E-state index is 12.3. The molecule has 2 aliphatic rings. The predicted molar refractivity (Wildman–Crippen MR) is 125 cm³/mol. The van der Waals surface area contributed by atoms with E-state index in [1.54, 1.807) is 18.5 Å². The third kappa shape index (κ3) is 4.51. The lowest BCUT2D eigenvalue weighted by molar-refractivity contribution is -0.128. The molecule has 0 radical (unpaired) electrons. The quantitative estimate of drug-likeness (QED) is 0.269. The molecule has 0 bridgehead atoms. The number of anilines is 2. The number of fused-ring (bicyclic) bond motifs is 2. The number of nitrogens with zero attached hydrogens (tertiary/aromatic N) is 4. The van der Waals surface area contributed by atoms with Crippen molar-refractivity contribution in [2.75, 3.05) is 44.3 Å². The summed E-state index contributed by atoms with van der Waals surface area (Å²) >= 11 is 0. The first-order valence-corrected chi connectivity index (χ1v) is 10.8. The largest absolute Gasteiger partial charge is 0.417 e. The van der Waals surface area contributed by atoms with Gasteiger partial charge in [-0.1, -0.05) is 17.9 Å². The third-order valence-corrected chi connectivity index (χ3v) is 5.80. The summed E-state index contributed by atoms with van der Waals surface area (Å²) in [6.07, 6.45) is 8.05. The normalized spacial score (nSPS) is 15.4. The fraction of sp³-hybridized carbons (Fsp3) is 0.269. The maximum Gasteiger partial charge on any atom is 0.389 e. The Morgan fingerprint density at radius 3 is 2.85 bits per heavy atom. The van der Waals surface area contributed by atoms with E-state index in [9.17, 15) is 4.79 Å². The number of hydrogen-bond acceptors (Lipinski definition) is 7. The molecule has 0 atom stereocenters. The molecule has 33 heavy (non-hydrogen) atoms. The van der Waals surface area contributed by atoms with Gasteiger partial charge in [0, 0.05) is 42.2 Å². The number of benzene rings is 2. The Labute approximate surface area is 192 Å². The highest BCUT2D eigenvalue weighted by Gasteiger charge is 2.23. The van der Waals surface area contributed by atoms with Crippen LogP contribution in [0.2, 0.25) is 0 Å². The van der Waals surface area contributed by atoms with Crippen LogP contribution in [0.1, 0.15) is 11.1 Å². The van der Waals surface area contributed by atoms with Crippen LogP contribution in [0.3, 0.4) is 0 Å². The van der Waals surface area contributed by atoms with Crippen molar-refractivity contribution >= 4 is 28.4 Å². The SMILES string of the molecule is C#Cc1ccc2c(c1)N(c1ncnc3ccc(OC(=O)C#CCN4CCOCC4)cc13)CC2. The van der Waals surface area contributed by atoms with Crippen LogP contribution >= 0.6 is 0 Å². The van der Waals surface area contributed by atoms with Crippen molar-refractivity contribution in [1.82, 2.24) is 14.9 Å². The molecule has 3 heterocycles. The number of aromatic nitrogens is 2. The minimum Gasteiger partial charge on any atom is -0.417 e. The highest BCUT2D eigenvalue weighted by molar-refractivity contribution is 5.95. The Balaban J connectivity index is 1.38. The molecule has 2 aliphatic heterocycles. The van der Waals surface area contributed by atoms with Crippen LogP contribution in [0.15, 0.2) is 42.7 Å². The van der Waals surface area contributed by atoms with E-state index in [0.717, 1.165) is 54.0 Å². The molecule has 0 unspecified atom stereocenters. The van der Waals surface area contributed by atoms with Crippen molar-refractivity contribution in [3.63, 3.8) is 0 Å². The standard InChI is InChI=1S/C26H22N4O3/c1-2-19-5-6-20-9-11-30(24(20)16-19)26-22-17-21(7-8-23(22)27-18-28-26)33-25(31)4-3-10-29-12-14-32-15-13-29/h1,5-8,16-18H,9-15H2. The molecule has 5 rings (SSSR count). The first-order valence-electron chi connectivity index (χ1n) is 10.8. The van der Waals surface area contributed by atoms with Gasteiger partial charge in [0.25, 0.3) is 0 Å². The topological polar surface area (TPSA) is 67.8 Å². The number of hydrogen-bond donors (Lipinski definition) is 0. The summed E-state index contributed by atoms with van der Waals surface area (Å²) in [4.78, 5) is 25.5. The Morgan fingerprint density at radius 1 is 1.12 bits per heavy atom.